The zero-order chi connectivity index (χ0) is 17.8. The summed E-state index contributed by atoms with van der Waals surface area (Å²) in [5, 5.41) is 3.23. The van der Waals surface area contributed by atoms with E-state index in [0.29, 0.717) is 38.2 Å². The molecule has 2 aliphatic rings. The van der Waals surface area contributed by atoms with Crippen molar-refractivity contribution in [2.24, 2.45) is 11.7 Å². The van der Waals surface area contributed by atoms with Crippen LogP contribution in [0.1, 0.15) is 29.6 Å². The first-order valence-corrected chi connectivity index (χ1v) is 8.77. The molecule has 0 radical (unpaired) electrons. The highest BCUT2D eigenvalue weighted by Gasteiger charge is 2.40. The molecular formula is C18H24N4O3. The minimum absolute atomic E-state index is 0.202. The molecule has 0 aliphatic carbocycles. The van der Waals surface area contributed by atoms with Gasteiger partial charge >= 0.3 is 6.03 Å². The summed E-state index contributed by atoms with van der Waals surface area (Å²) in [7, 11) is 0. The molecule has 2 fully saturated rings. The lowest BCUT2D eigenvalue weighted by Crippen LogP contribution is -2.60. The van der Waals surface area contributed by atoms with Crippen LogP contribution < -0.4 is 11.1 Å². The van der Waals surface area contributed by atoms with Crippen molar-refractivity contribution in [1.29, 1.82) is 0 Å². The highest BCUT2D eigenvalue weighted by Crippen LogP contribution is 2.26. The quantitative estimate of drug-likeness (QED) is 0.776. The van der Waals surface area contributed by atoms with E-state index >= 15 is 0 Å². The Hall–Kier alpha value is -2.41. The molecule has 1 aromatic rings. The number of nitrogens with two attached hydrogens (primary N) is 1. The lowest BCUT2D eigenvalue weighted by molar-refractivity contribution is -0.134. The van der Waals surface area contributed by atoms with Crippen molar-refractivity contribution in [2.75, 3.05) is 26.2 Å². The van der Waals surface area contributed by atoms with E-state index in [4.69, 9.17) is 5.73 Å². The van der Waals surface area contributed by atoms with Crippen LogP contribution in [0, 0.1) is 5.92 Å². The van der Waals surface area contributed by atoms with Crippen LogP contribution in [0.15, 0.2) is 30.3 Å². The van der Waals surface area contributed by atoms with Gasteiger partial charge in [-0.3, -0.25) is 14.5 Å². The smallest absolute Gasteiger partial charge is 0.315 e. The lowest BCUT2D eigenvalue weighted by atomic mass is 9.91. The van der Waals surface area contributed by atoms with Crippen LogP contribution in [-0.4, -0.2) is 59.9 Å². The van der Waals surface area contributed by atoms with E-state index in [1.807, 2.05) is 6.07 Å². The van der Waals surface area contributed by atoms with E-state index in [2.05, 4.69) is 5.32 Å². The predicted octanol–water partition coefficient (Wildman–Crippen LogP) is 0.808. The van der Waals surface area contributed by atoms with Gasteiger partial charge in [0.05, 0.1) is 12.0 Å². The fourth-order valence-electron chi connectivity index (χ4n) is 3.72. The summed E-state index contributed by atoms with van der Waals surface area (Å²) in [4.78, 5) is 40.6. The number of carbonyl (C=O) groups is 3. The van der Waals surface area contributed by atoms with Crippen molar-refractivity contribution in [1.82, 2.24) is 15.1 Å². The van der Waals surface area contributed by atoms with Gasteiger partial charge in [0.15, 0.2) is 0 Å². The number of piperazine rings is 1. The largest absolute Gasteiger partial charge is 0.351 e. The van der Waals surface area contributed by atoms with Crippen molar-refractivity contribution in [3.8, 4) is 0 Å². The molecule has 4 amide bonds. The van der Waals surface area contributed by atoms with Crippen LogP contribution in [0.3, 0.4) is 0 Å². The van der Waals surface area contributed by atoms with Gasteiger partial charge in [0.1, 0.15) is 0 Å². The number of likely N-dealkylation sites (tertiary alicyclic amines) is 1. The number of rotatable bonds is 2. The normalized spacial score (nSPS) is 24.7. The molecule has 1 aromatic carbocycles. The summed E-state index contributed by atoms with van der Waals surface area (Å²) in [6.07, 6.45) is 2.28. The van der Waals surface area contributed by atoms with Crippen molar-refractivity contribution in [2.45, 2.75) is 25.3 Å². The summed E-state index contributed by atoms with van der Waals surface area (Å²) in [6, 6.07) is 8.02. The second-order valence-electron chi connectivity index (χ2n) is 6.57. The Morgan fingerprint density at radius 3 is 2.60 bits per heavy atom. The van der Waals surface area contributed by atoms with Gasteiger partial charge in [-0.05, 0) is 25.0 Å². The zero-order valence-corrected chi connectivity index (χ0v) is 14.2. The summed E-state index contributed by atoms with van der Waals surface area (Å²) >= 11 is 0. The number of hydrogen-bond acceptors (Lipinski definition) is 4. The maximum atomic E-state index is 13.1. The maximum absolute atomic E-state index is 13.1. The molecule has 7 nitrogen and oxygen atoms in total. The molecule has 134 valence electrons. The molecule has 3 rings (SSSR count). The Morgan fingerprint density at radius 2 is 1.88 bits per heavy atom. The number of nitrogens with one attached hydrogen (secondary N) is 1. The number of hydrogen-bond donors (Lipinski definition) is 2. The standard InChI is InChI=1S/C18H24N4O3/c19-18(25)21-11-9-20-12-15(21)14-8-4-5-10-22(17(14)24)16(23)13-6-2-1-3-7-13/h1-3,6-7,14-15,20H,4-5,8-12H2,(H2,19,25)/t14-,15?/m0/s1. The third-order valence-corrected chi connectivity index (χ3v) is 5.03. The summed E-state index contributed by atoms with van der Waals surface area (Å²) in [5.41, 5.74) is 6.01. The molecule has 1 unspecified atom stereocenters. The Balaban J connectivity index is 1.84. The molecule has 2 aliphatic heterocycles. The van der Waals surface area contributed by atoms with E-state index in [9.17, 15) is 14.4 Å². The van der Waals surface area contributed by atoms with Crippen LogP contribution >= 0.6 is 0 Å². The summed E-state index contributed by atoms with van der Waals surface area (Å²) in [5.74, 6) is -0.881. The Morgan fingerprint density at radius 1 is 1.12 bits per heavy atom. The molecule has 0 spiro atoms. The molecule has 25 heavy (non-hydrogen) atoms. The van der Waals surface area contributed by atoms with Crippen molar-refractivity contribution >= 4 is 17.8 Å². The molecule has 2 saturated heterocycles. The van der Waals surface area contributed by atoms with Gasteiger partial charge in [-0.2, -0.15) is 0 Å². The van der Waals surface area contributed by atoms with Crippen molar-refractivity contribution < 1.29 is 14.4 Å². The average Bonchev–Trinajstić information content (AvgIpc) is 2.83. The summed E-state index contributed by atoms with van der Waals surface area (Å²) < 4.78 is 0. The molecule has 0 saturated carbocycles. The Kier molecular flexibility index (Phi) is 5.33. The van der Waals surface area contributed by atoms with E-state index < -0.39 is 11.9 Å². The highest BCUT2D eigenvalue weighted by atomic mass is 16.2. The van der Waals surface area contributed by atoms with Crippen LogP contribution in [0.4, 0.5) is 4.79 Å². The second kappa shape index (κ2) is 7.65. The van der Waals surface area contributed by atoms with Crippen LogP contribution in [0.25, 0.3) is 0 Å². The third-order valence-electron chi connectivity index (χ3n) is 5.03. The first-order valence-electron chi connectivity index (χ1n) is 8.77. The number of benzene rings is 1. The molecule has 0 bridgehead atoms. The van der Waals surface area contributed by atoms with Gasteiger partial charge in [0, 0.05) is 31.7 Å². The Bertz CT molecular complexity index is 649. The van der Waals surface area contributed by atoms with Gasteiger partial charge in [0.25, 0.3) is 5.91 Å². The minimum atomic E-state index is -0.510. The molecule has 2 heterocycles. The first-order chi connectivity index (χ1) is 12.1. The molecule has 7 heteroatoms. The number of primary amides is 1. The molecule has 2 atom stereocenters. The van der Waals surface area contributed by atoms with Gasteiger partial charge in [-0.25, -0.2) is 4.79 Å². The molecule has 0 aromatic heterocycles. The third kappa shape index (κ3) is 3.66. The van der Waals surface area contributed by atoms with Crippen LogP contribution in [-0.2, 0) is 4.79 Å². The fraction of sp³-hybridized carbons (Fsp3) is 0.500. The number of urea groups is 1. The van der Waals surface area contributed by atoms with Gasteiger partial charge in [-0.1, -0.05) is 24.6 Å². The van der Waals surface area contributed by atoms with E-state index in [1.54, 1.807) is 29.2 Å². The van der Waals surface area contributed by atoms with Crippen LogP contribution in [0.2, 0.25) is 0 Å². The SMILES string of the molecule is NC(=O)N1CCNCC1[C@@H]1CCCCN(C(=O)c2ccccc2)C1=O. The van der Waals surface area contributed by atoms with Crippen molar-refractivity contribution in [3.05, 3.63) is 35.9 Å². The monoisotopic (exact) mass is 344 g/mol. The molecule has 3 N–H and O–H groups in total. The zero-order valence-electron chi connectivity index (χ0n) is 14.2. The number of amides is 4. The number of imide groups is 1. The first kappa shape index (κ1) is 17.4. The fourth-order valence-corrected chi connectivity index (χ4v) is 3.72. The maximum Gasteiger partial charge on any atom is 0.315 e. The summed E-state index contributed by atoms with van der Waals surface area (Å²) in [6.45, 7) is 2.08. The van der Waals surface area contributed by atoms with E-state index in [-0.39, 0.29) is 17.9 Å². The lowest BCUT2D eigenvalue weighted by Gasteiger charge is -2.39. The second-order valence-corrected chi connectivity index (χ2v) is 6.57. The topological polar surface area (TPSA) is 95.7 Å². The average molecular weight is 344 g/mol. The number of nitrogens with zero attached hydrogens (tertiary/aromatic N) is 2. The van der Waals surface area contributed by atoms with Gasteiger partial charge in [-0.15, -0.1) is 0 Å². The predicted molar refractivity (Wildman–Crippen MR) is 92.8 cm³/mol. The van der Waals surface area contributed by atoms with E-state index in [0.717, 1.165) is 12.8 Å². The van der Waals surface area contributed by atoms with Crippen molar-refractivity contribution in [3.63, 3.8) is 0 Å². The number of carbonyl (C=O) groups excluding carboxylic acids is 3. The van der Waals surface area contributed by atoms with Crippen LogP contribution in [0.5, 0.6) is 0 Å². The van der Waals surface area contributed by atoms with Gasteiger partial charge in [0.2, 0.25) is 5.91 Å². The van der Waals surface area contributed by atoms with Gasteiger partial charge < -0.3 is 16.0 Å². The van der Waals surface area contributed by atoms with E-state index in [1.165, 1.54) is 4.90 Å². The molecular weight excluding hydrogens is 320 g/mol. The Labute approximate surface area is 147 Å². The highest BCUT2D eigenvalue weighted by molar-refractivity contribution is 6.05. The minimum Gasteiger partial charge on any atom is -0.351 e.